The van der Waals surface area contributed by atoms with E-state index in [9.17, 15) is 0 Å². The highest BCUT2D eigenvalue weighted by Crippen LogP contribution is 2.21. The molecule has 1 N–H and O–H groups in total. The van der Waals surface area contributed by atoms with Crippen LogP contribution < -0.4 is 5.32 Å². The summed E-state index contributed by atoms with van der Waals surface area (Å²) in [5, 5.41) is 3.46. The Labute approximate surface area is 99.6 Å². The van der Waals surface area contributed by atoms with E-state index in [0.717, 1.165) is 12.0 Å². The molecule has 0 bridgehead atoms. The summed E-state index contributed by atoms with van der Waals surface area (Å²) in [4.78, 5) is 2.70. The van der Waals surface area contributed by atoms with E-state index in [1.54, 1.807) is 0 Å². The van der Waals surface area contributed by atoms with Gasteiger partial charge in [-0.3, -0.25) is 0 Å². The molecule has 0 saturated carbocycles. The van der Waals surface area contributed by atoms with E-state index in [1.165, 1.54) is 45.4 Å². The van der Waals surface area contributed by atoms with Crippen LogP contribution in [0.1, 0.15) is 26.2 Å². The lowest BCUT2D eigenvalue weighted by atomic mass is 9.94. The molecule has 0 aromatic carbocycles. The van der Waals surface area contributed by atoms with Crippen molar-refractivity contribution < 1.29 is 0 Å². The highest BCUT2D eigenvalue weighted by Gasteiger charge is 2.28. The second-order valence-electron chi connectivity index (χ2n) is 4.28. The maximum atomic E-state index is 3.46. The zero-order valence-electron chi connectivity index (χ0n) is 8.87. The third kappa shape index (κ3) is 3.27. The Balaban J connectivity index is 0.000000845. The highest BCUT2D eigenvalue weighted by atomic mass is 35.5. The van der Waals surface area contributed by atoms with Gasteiger partial charge in [-0.05, 0) is 51.4 Å². The molecule has 2 atom stereocenters. The summed E-state index contributed by atoms with van der Waals surface area (Å²) in [5.41, 5.74) is 0. The first-order valence-electron chi connectivity index (χ1n) is 5.32. The smallest absolute Gasteiger partial charge is 0.0145 e. The van der Waals surface area contributed by atoms with Crippen molar-refractivity contribution in [1.29, 1.82) is 0 Å². The van der Waals surface area contributed by atoms with Gasteiger partial charge in [-0.15, -0.1) is 24.8 Å². The molecule has 2 aliphatic heterocycles. The van der Waals surface area contributed by atoms with Crippen LogP contribution in [0.25, 0.3) is 0 Å². The SMILES string of the molecule is CC1CNCCC1N1CCCC1.Cl.Cl. The van der Waals surface area contributed by atoms with Crippen LogP contribution in [-0.4, -0.2) is 37.1 Å². The van der Waals surface area contributed by atoms with Gasteiger partial charge in [0.2, 0.25) is 0 Å². The monoisotopic (exact) mass is 240 g/mol. The zero-order valence-corrected chi connectivity index (χ0v) is 10.5. The van der Waals surface area contributed by atoms with Gasteiger partial charge in [-0.25, -0.2) is 0 Å². The molecule has 0 amide bonds. The van der Waals surface area contributed by atoms with Crippen LogP contribution in [0.5, 0.6) is 0 Å². The summed E-state index contributed by atoms with van der Waals surface area (Å²) in [6, 6.07) is 0.883. The van der Waals surface area contributed by atoms with E-state index in [1.807, 2.05) is 0 Å². The van der Waals surface area contributed by atoms with E-state index in [2.05, 4.69) is 17.1 Å². The van der Waals surface area contributed by atoms with E-state index < -0.39 is 0 Å². The largest absolute Gasteiger partial charge is 0.316 e. The number of nitrogens with one attached hydrogen (secondary N) is 1. The number of piperidine rings is 1. The summed E-state index contributed by atoms with van der Waals surface area (Å²) >= 11 is 0. The standard InChI is InChI=1S/C10H20N2.2ClH/c1-9-8-11-5-4-10(9)12-6-2-3-7-12;;/h9-11H,2-8H2,1H3;2*1H. The fourth-order valence-corrected chi connectivity index (χ4v) is 2.62. The van der Waals surface area contributed by atoms with E-state index in [4.69, 9.17) is 0 Å². The predicted octanol–water partition coefficient (Wildman–Crippen LogP) is 1.92. The first-order chi connectivity index (χ1) is 5.88. The molecule has 2 heterocycles. The fourth-order valence-electron chi connectivity index (χ4n) is 2.62. The third-order valence-corrected chi connectivity index (χ3v) is 3.35. The van der Waals surface area contributed by atoms with E-state index >= 15 is 0 Å². The summed E-state index contributed by atoms with van der Waals surface area (Å²) in [7, 11) is 0. The summed E-state index contributed by atoms with van der Waals surface area (Å²) < 4.78 is 0. The van der Waals surface area contributed by atoms with Crippen LogP contribution in [0.15, 0.2) is 0 Å². The van der Waals surface area contributed by atoms with Crippen molar-refractivity contribution in [2.75, 3.05) is 26.2 Å². The number of likely N-dealkylation sites (tertiary alicyclic amines) is 1. The van der Waals surface area contributed by atoms with Gasteiger partial charge in [0.25, 0.3) is 0 Å². The maximum Gasteiger partial charge on any atom is 0.0145 e. The molecular weight excluding hydrogens is 219 g/mol. The quantitative estimate of drug-likeness (QED) is 0.754. The predicted molar refractivity (Wildman–Crippen MR) is 65.7 cm³/mol. The first-order valence-corrected chi connectivity index (χ1v) is 5.32. The number of hydrogen-bond donors (Lipinski definition) is 1. The summed E-state index contributed by atoms with van der Waals surface area (Å²) in [6.07, 6.45) is 4.22. The van der Waals surface area contributed by atoms with Gasteiger partial charge in [0.05, 0.1) is 0 Å². The minimum atomic E-state index is 0. The fraction of sp³-hybridized carbons (Fsp3) is 1.00. The van der Waals surface area contributed by atoms with Crippen molar-refractivity contribution in [1.82, 2.24) is 10.2 Å². The minimum absolute atomic E-state index is 0. The van der Waals surface area contributed by atoms with Gasteiger partial charge in [0.15, 0.2) is 0 Å². The molecule has 2 aliphatic rings. The summed E-state index contributed by atoms with van der Waals surface area (Å²) in [6.45, 7) is 7.55. The van der Waals surface area contributed by atoms with Crippen LogP contribution >= 0.6 is 24.8 Å². The molecule has 4 heteroatoms. The number of nitrogens with zero attached hydrogens (tertiary/aromatic N) is 1. The Morgan fingerprint density at radius 3 is 2.36 bits per heavy atom. The molecule has 0 spiro atoms. The topological polar surface area (TPSA) is 15.3 Å². The average Bonchev–Trinajstić information content (AvgIpc) is 2.57. The molecule has 0 radical (unpaired) electrons. The lowest BCUT2D eigenvalue weighted by molar-refractivity contribution is 0.148. The van der Waals surface area contributed by atoms with Gasteiger partial charge in [-0.2, -0.15) is 0 Å². The van der Waals surface area contributed by atoms with Gasteiger partial charge >= 0.3 is 0 Å². The minimum Gasteiger partial charge on any atom is -0.316 e. The van der Waals surface area contributed by atoms with Crippen molar-refractivity contribution in [3.8, 4) is 0 Å². The zero-order chi connectivity index (χ0) is 8.39. The number of rotatable bonds is 1. The molecule has 2 saturated heterocycles. The van der Waals surface area contributed by atoms with Crippen molar-refractivity contribution >= 4 is 24.8 Å². The van der Waals surface area contributed by atoms with Gasteiger partial charge < -0.3 is 10.2 Å². The Bertz CT molecular complexity index is 149. The Morgan fingerprint density at radius 1 is 1.14 bits per heavy atom. The highest BCUT2D eigenvalue weighted by molar-refractivity contribution is 5.85. The molecule has 0 aliphatic carbocycles. The maximum absolute atomic E-state index is 3.46. The lowest BCUT2D eigenvalue weighted by Gasteiger charge is -2.36. The Hall–Kier alpha value is 0.500. The van der Waals surface area contributed by atoms with Crippen LogP contribution in [0.2, 0.25) is 0 Å². The molecule has 86 valence electrons. The number of hydrogen-bond acceptors (Lipinski definition) is 2. The Kier molecular flexibility index (Phi) is 7.13. The third-order valence-electron chi connectivity index (χ3n) is 3.35. The molecule has 2 rings (SSSR count). The first kappa shape index (κ1) is 14.5. The molecular formula is C10H22Cl2N2. The van der Waals surface area contributed by atoms with Crippen LogP contribution in [0, 0.1) is 5.92 Å². The van der Waals surface area contributed by atoms with Crippen molar-refractivity contribution in [3.63, 3.8) is 0 Å². The molecule has 2 nitrogen and oxygen atoms in total. The molecule has 0 aromatic rings. The van der Waals surface area contributed by atoms with Gasteiger partial charge in [0.1, 0.15) is 0 Å². The molecule has 2 fully saturated rings. The van der Waals surface area contributed by atoms with Crippen LogP contribution in [0.3, 0.4) is 0 Å². The van der Waals surface area contributed by atoms with Crippen LogP contribution in [0.4, 0.5) is 0 Å². The Morgan fingerprint density at radius 2 is 1.79 bits per heavy atom. The van der Waals surface area contributed by atoms with Crippen molar-refractivity contribution in [2.24, 2.45) is 5.92 Å². The van der Waals surface area contributed by atoms with Crippen molar-refractivity contribution in [3.05, 3.63) is 0 Å². The normalized spacial score (nSPS) is 33.2. The number of halogens is 2. The van der Waals surface area contributed by atoms with Crippen molar-refractivity contribution in [2.45, 2.75) is 32.2 Å². The van der Waals surface area contributed by atoms with E-state index in [0.29, 0.717) is 0 Å². The van der Waals surface area contributed by atoms with Gasteiger partial charge in [-0.1, -0.05) is 6.92 Å². The summed E-state index contributed by atoms with van der Waals surface area (Å²) in [5.74, 6) is 0.858. The second kappa shape index (κ2) is 6.89. The average molecular weight is 241 g/mol. The molecule has 0 aromatic heterocycles. The van der Waals surface area contributed by atoms with Crippen LogP contribution in [-0.2, 0) is 0 Å². The molecule has 2 unspecified atom stereocenters. The van der Waals surface area contributed by atoms with E-state index in [-0.39, 0.29) is 24.8 Å². The lowest BCUT2D eigenvalue weighted by Crippen LogP contribution is -2.47. The van der Waals surface area contributed by atoms with Gasteiger partial charge in [0, 0.05) is 6.04 Å². The second-order valence-corrected chi connectivity index (χ2v) is 4.28. The molecule has 14 heavy (non-hydrogen) atoms.